The number of anilines is 1. The second-order valence-electron chi connectivity index (χ2n) is 6.77. The van der Waals surface area contributed by atoms with Crippen LogP contribution in [0.5, 0.6) is 5.75 Å². The van der Waals surface area contributed by atoms with Crippen molar-refractivity contribution in [3.8, 4) is 5.75 Å². The van der Waals surface area contributed by atoms with Gasteiger partial charge in [0, 0.05) is 18.2 Å². The minimum Gasteiger partial charge on any atom is -0.496 e. The van der Waals surface area contributed by atoms with Gasteiger partial charge in [0.2, 0.25) is 10.0 Å². The maximum absolute atomic E-state index is 12.5. The van der Waals surface area contributed by atoms with Crippen molar-refractivity contribution in [1.82, 2.24) is 5.32 Å². The topological polar surface area (TPSA) is 75.7 Å². The van der Waals surface area contributed by atoms with Crippen LogP contribution in [0, 0.1) is 0 Å². The van der Waals surface area contributed by atoms with Crippen LogP contribution in [0.25, 0.3) is 0 Å². The fourth-order valence-electron chi connectivity index (χ4n) is 3.57. The van der Waals surface area contributed by atoms with E-state index in [1.165, 1.54) is 10.6 Å². The average Bonchev–Trinajstić information content (AvgIpc) is 2.97. The summed E-state index contributed by atoms with van der Waals surface area (Å²) >= 11 is 0. The zero-order valence-corrected chi connectivity index (χ0v) is 16.5. The van der Waals surface area contributed by atoms with E-state index in [1.807, 2.05) is 31.2 Å². The molecule has 7 heteroatoms. The average molecular weight is 388 g/mol. The normalized spacial score (nSPS) is 16.1. The van der Waals surface area contributed by atoms with Gasteiger partial charge < -0.3 is 10.1 Å². The van der Waals surface area contributed by atoms with Crippen molar-refractivity contribution in [3.63, 3.8) is 0 Å². The van der Waals surface area contributed by atoms with E-state index >= 15 is 0 Å². The third-order valence-electron chi connectivity index (χ3n) is 4.72. The molecule has 0 spiro atoms. The third-order valence-corrected chi connectivity index (χ3v) is 6.00. The largest absolute Gasteiger partial charge is 0.496 e. The Balaban J connectivity index is 1.68. The van der Waals surface area contributed by atoms with E-state index in [0.717, 1.165) is 16.9 Å². The summed E-state index contributed by atoms with van der Waals surface area (Å²) in [6.07, 6.45) is 2.47. The van der Waals surface area contributed by atoms with Crippen molar-refractivity contribution >= 4 is 21.6 Å². The predicted octanol–water partition coefficient (Wildman–Crippen LogP) is 2.38. The summed E-state index contributed by atoms with van der Waals surface area (Å²) in [6, 6.07) is 12.8. The van der Waals surface area contributed by atoms with Crippen molar-refractivity contribution in [3.05, 3.63) is 59.2 Å². The molecule has 0 saturated heterocycles. The lowest BCUT2D eigenvalue weighted by atomic mass is 10.1. The van der Waals surface area contributed by atoms with Gasteiger partial charge in [-0.2, -0.15) is 0 Å². The number of benzene rings is 2. The molecule has 0 aromatic heterocycles. The highest BCUT2D eigenvalue weighted by molar-refractivity contribution is 7.92. The molecule has 1 atom stereocenters. The molecular weight excluding hydrogens is 364 g/mol. The number of nitrogens with zero attached hydrogens (tertiary/aromatic N) is 1. The number of sulfonamides is 1. The number of carbonyl (C=O) groups excluding carboxylic acids is 1. The highest BCUT2D eigenvalue weighted by Gasteiger charge is 2.32. The Morgan fingerprint density at radius 1 is 1.26 bits per heavy atom. The van der Waals surface area contributed by atoms with Crippen LogP contribution < -0.4 is 14.4 Å². The monoisotopic (exact) mass is 388 g/mol. The molecule has 0 saturated carbocycles. The maximum atomic E-state index is 12.5. The zero-order chi connectivity index (χ0) is 19.6. The van der Waals surface area contributed by atoms with E-state index in [9.17, 15) is 13.2 Å². The van der Waals surface area contributed by atoms with E-state index in [-0.39, 0.29) is 11.9 Å². The Hall–Kier alpha value is -2.54. The molecule has 1 amide bonds. The van der Waals surface area contributed by atoms with E-state index in [2.05, 4.69) is 5.32 Å². The van der Waals surface area contributed by atoms with Crippen LogP contribution in [0.3, 0.4) is 0 Å². The predicted molar refractivity (Wildman–Crippen MR) is 106 cm³/mol. The summed E-state index contributed by atoms with van der Waals surface area (Å²) in [7, 11) is -1.70. The Kier molecular flexibility index (Phi) is 5.41. The number of fused-ring (bicyclic) bond motifs is 1. The molecule has 0 aliphatic carbocycles. The lowest BCUT2D eigenvalue weighted by molar-refractivity contribution is 0.0954. The number of hydrogen-bond donors (Lipinski definition) is 1. The lowest BCUT2D eigenvalue weighted by Gasteiger charge is -2.21. The Bertz CT molecular complexity index is 956. The molecule has 1 unspecified atom stereocenters. The smallest absolute Gasteiger partial charge is 0.251 e. The molecule has 3 rings (SSSR count). The number of hydrogen-bond acceptors (Lipinski definition) is 4. The molecule has 1 aliphatic rings. The number of methoxy groups -OCH3 is 1. The molecule has 0 fully saturated rings. The van der Waals surface area contributed by atoms with Crippen LogP contribution in [0.4, 0.5) is 5.69 Å². The van der Waals surface area contributed by atoms with Crippen LogP contribution in [-0.2, 0) is 22.9 Å². The number of nitrogens with one attached hydrogen (secondary N) is 1. The highest BCUT2D eigenvalue weighted by atomic mass is 32.2. The summed E-state index contributed by atoms with van der Waals surface area (Å²) in [4.78, 5) is 12.5. The molecule has 2 aromatic rings. The van der Waals surface area contributed by atoms with Gasteiger partial charge in [0.15, 0.2) is 0 Å². The van der Waals surface area contributed by atoms with E-state index < -0.39 is 10.0 Å². The van der Waals surface area contributed by atoms with Gasteiger partial charge in [-0.05, 0) is 55.2 Å². The first-order valence-electron chi connectivity index (χ1n) is 8.83. The number of ether oxygens (including phenoxy) is 1. The summed E-state index contributed by atoms with van der Waals surface area (Å²) in [5, 5.41) is 2.92. The Morgan fingerprint density at radius 2 is 2.00 bits per heavy atom. The van der Waals surface area contributed by atoms with Gasteiger partial charge in [-0.1, -0.05) is 18.2 Å². The van der Waals surface area contributed by atoms with Gasteiger partial charge in [0.25, 0.3) is 5.91 Å². The van der Waals surface area contributed by atoms with E-state index in [0.29, 0.717) is 30.6 Å². The number of amides is 1. The van der Waals surface area contributed by atoms with Crippen molar-refractivity contribution in [1.29, 1.82) is 0 Å². The zero-order valence-electron chi connectivity index (χ0n) is 15.7. The minimum atomic E-state index is -3.33. The van der Waals surface area contributed by atoms with Gasteiger partial charge in [-0.3, -0.25) is 9.10 Å². The summed E-state index contributed by atoms with van der Waals surface area (Å²) in [6.45, 7) is 2.36. The number of carbonyl (C=O) groups is 1. The van der Waals surface area contributed by atoms with Gasteiger partial charge in [0.05, 0.1) is 19.1 Å². The van der Waals surface area contributed by atoms with E-state index in [4.69, 9.17) is 4.74 Å². The molecule has 1 N–H and O–H groups in total. The first kappa shape index (κ1) is 19.2. The fraction of sp³-hybridized carbons (Fsp3) is 0.350. The van der Waals surface area contributed by atoms with Crippen molar-refractivity contribution in [2.24, 2.45) is 0 Å². The first-order chi connectivity index (χ1) is 12.8. The summed E-state index contributed by atoms with van der Waals surface area (Å²) < 4.78 is 30.7. The Labute approximate surface area is 160 Å². The highest BCUT2D eigenvalue weighted by Crippen LogP contribution is 2.34. The molecule has 0 radical (unpaired) electrons. The Morgan fingerprint density at radius 3 is 2.70 bits per heavy atom. The number of rotatable bonds is 6. The second-order valence-corrected chi connectivity index (χ2v) is 8.63. The van der Waals surface area contributed by atoms with Crippen LogP contribution >= 0.6 is 0 Å². The van der Waals surface area contributed by atoms with Crippen molar-refractivity contribution < 1.29 is 17.9 Å². The molecule has 2 aromatic carbocycles. The first-order valence-corrected chi connectivity index (χ1v) is 10.7. The van der Waals surface area contributed by atoms with Crippen LogP contribution in [0.15, 0.2) is 42.5 Å². The quantitative estimate of drug-likeness (QED) is 0.824. The summed E-state index contributed by atoms with van der Waals surface area (Å²) in [5.74, 6) is 0.636. The SMILES string of the molecule is COc1ccccc1CCNC(=O)c1ccc2c(c1)CC(C)N2S(C)(=O)=O. The third kappa shape index (κ3) is 4.08. The van der Waals surface area contributed by atoms with Crippen LogP contribution in [-0.4, -0.2) is 40.3 Å². The molecule has 1 aliphatic heterocycles. The molecule has 1 heterocycles. The summed E-state index contributed by atoms with van der Waals surface area (Å²) in [5.41, 5.74) is 3.11. The van der Waals surface area contributed by atoms with Crippen molar-refractivity contribution in [2.45, 2.75) is 25.8 Å². The standard InChI is InChI=1S/C20H24N2O4S/c1-14-12-17-13-16(8-9-18(17)22(14)27(3,24)25)20(23)21-11-10-15-6-4-5-7-19(15)26-2/h4-9,13-14H,10-12H2,1-3H3,(H,21,23). The van der Waals surface area contributed by atoms with Gasteiger partial charge >= 0.3 is 0 Å². The minimum absolute atomic E-state index is 0.140. The van der Waals surface area contributed by atoms with Crippen LogP contribution in [0.2, 0.25) is 0 Å². The van der Waals surface area contributed by atoms with Crippen molar-refractivity contribution in [2.75, 3.05) is 24.2 Å². The van der Waals surface area contributed by atoms with Gasteiger partial charge in [0.1, 0.15) is 5.75 Å². The van der Waals surface area contributed by atoms with Crippen LogP contribution in [0.1, 0.15) is 28.4 Å². The number of para-hydroxylation sites is 1. The molecular formula is C20H24N2O4S. The lowest BCUT2D eigenvalue weighted by Crippen LogP contribution is -2.34. The maximum Gasteiger partial charge on any atom is 0.251 e. The fourth-order valence-corrected chi connectivity index (χ4v) is 4.84. The van der Waals surface area contributed by atoms with Gasteiger partial charge in [-0.15, -0.1) is 0 Å². The van der Waals surface area contributed by atoms with Gasteiger partial charge in [-0.25, -0.2) is 8.42 Å². The molecule has 27 heavy (non-hydrogen) atoms. The second kappa shape index (κ2) is 7.60. The molecule has 0 bridgehead atoms. The molecule has 6 nitrogen and oxygen atoms in total. The molecule has 144 valence electrons. The van der Waals surface area contributed by atoms with E-state index in [1.54, 1.807) is 25.3 Å².